The van der Waals surface area contributed by atoms with Crippen LogP contribution in [0.1, 0.15) is 35.7 Å². The second kappa shape index (κ2) is 9.81. The third-order valence-corrected chi connectivity index (χ3v) is 5.74. The molecule has 1 aliphatic rings. The highest BCUT2D eigenvalue weighted by molar-refractivity contribution is 5.99. The highest BCUT2D eigenvalue weighted by Gasteiger charge is 2.33. The maximum atomic E-state index is 13.7. The van der Waals surface area contributed by atoms with Crippen molar-refractivity contribution in [3.8, 4) is 29.0 Å². The Morgan fingerprint density at radius 3 is 2.55 bits per heavy atom. The van der Waals surface area contributed by atoms with Crippen LogP contribution in [-0.2, 0) is 0 Å². The van der Waals surface area contributed by atoms with Crippen LogP contribution in [0.25, 0.3) is 11.5 Å². The number of nitrogens with zero attached hydrogens (tertiary/aromatic N) is 5. The molecule has 0 spiro atoms. The van der Waals surface area contributed by atoms with Crippen LogP contribution in [-0.4, -0.2) is 63.7 Å². The van der Waals surface area contributed by atoms with E-state index in [9.17, 15) is 4.79 Å². The highest BCUT2D eigenvalue weighted by atomic mass is 16.5. The molecule has 0 radical (unpaired) electrons. The van der Waals surface area contributed by atoms with Crippen molar-refractivity contribution in [1.82, 2.24) is 24.8 Å². The number of pyridine rings is 2. The number of methoxy groups -OCH3 is 2. The van der Waals surface area contributed by atoms with Gasteiger partial charge in [0.1, 0.15) is 11.8 Å². The van der Waals surface area contributed by atoms with Crippen molar-refractivity contribution in [3.05, 3.63) is 54.0 Å². The summed E-state index contributed by atoms with van der Waals surface area (Å²) >= 11 is 0. The Bertz CT molecular complexity index is 1130. The number of aromatic nitrogens is 4. The lowest BCUT2D eigenvalue weighted by Crippen LogP contribution is -2.49. The molecule has 4 heterocycles. The van der Waals surface area contributed by atoms with E-state index in [1.807, 2.05) is 24.8 Å². The summed E-state index contributed by atoms with van der Waals surface area (Å²) < 4.78 is 16.9. The standard InChI is InChI=1S/C24H27N5O4/c1-15-10-13-27-23(21(15)32-4)33-17-7-6-16(2)29(14-17)24(30)18-8-9-19(31-3)28-20(18)22-25-11-5-12-26-22/h5,8-13,16-17H,6-7,14H2,1-4H3/t16-,17-/m1/s1. The first-order valence-electron chi connectivity index (χ1n) is 10.8. The summed E-state index contributed by atoms with van der Waals surface area (Å²) in [7, 11) is 3.13. The van der Waals surface area contributed by atoms with E-state index < -0.39 is 0 Å². The van der Waals surface area contributed by atoms with Gasteiger partial charge >= 0.3 is 0 Å². The minimum atomic E-state index is -0.212. The summed E-state index contributed by atoms with van der Waals surface area (Å²) in [5, 5.41) is 0. The largest absolute Gasteiger partial charge is 0.491 e. The predicted molar refractivity (Wildman–Crippen MR) is 121 cm³/mol. The van der Waals surface area contributed by atoms with Gasteiger partial charge in [-0.2, -0.15) is 0 Å². The number of rotatable bonds is 6. The van der Waals surface area contributed by atoms with E-state index in [0.29, 0.717) is 41.1 Å². The molecule has 1 saturated heterocycles. The van der Waals surface area contributed by atoms with Crippen molar-refractivity contribution in [2.45, 2.75) is 38.8 Å². The molecule has 0 saturated carbocycles. The van der Waals surface area contributed by atoms with Crippen molar-refractivity contribution in [2.24, 2.45) is 0 Å². The van der Waals surface area contributed by atoms with Crippen LogP contribution in [0, 0.1) is 6.92 Å². The lowest BCUT2D eigenvalue weighted by molar-refractivity contribution is 0.0365. The number of hydrogen-bond acceptors (Lipinski definition) is 8. The Hall–Kier alpha value is -3.75. The number of carbonyl (C=O) groups excluding carboxylic acids is 1. The third-order valence-electron chi connectivity index (χ3n) is 5.74. The zero-order chi connectivity index (χ0) is 23.4. The minimum absolute atomic E-state index is 0.0383. The molecule has 2 atom stereocenters. The van der Waals surface area contributed by atoms with Gasteiger partial charge < -0.3 is 19.1 Å². The SMILES string of the molecule is COc1ccc(C(=O)N2C[C@H](Oc3nccc(C)c3OC)CC[C@H]2C)c(-c2ncccn2)n1. The van der Waals surface area contributed by atoms with Crippen molar-refractivity contribution in [3.63, 3.8) is 0 Å². The zero-order valence-electron chi connectivity index (χ0n) is 19.2. The van der Waals surface area contributed by atoms with Crippen LogP contribution in [0.3, 0.4) is 0 Å². The van der Waals surface area contributed by atoms with E-state index >= 15 is 0 Å². The smallest absolute Gasteiger partial charge is 0.257 e. The molecule has 3 aromatic rings. The summed E-state index contributed by atoms with van der Waals surface area (Å²) in [5.74, 6) is 1.65. The first-order valence-corrected chi connectivity index (χ1v) is 10.8. The van der Waals surface area contributed by atoms with Gasteiger partial charge in [-0.25, -0.2) is 19.9 Å². The molecular weight excluding hydrogens is 422 g/mol. The lowest BCUT2D eigenvalue weighted by atomic mass is 9.99. The molecule has 9 heteroatoms. The van der Waals surface area contributed by atoms with Crippen molar-refractivity contribution >= 4 is 5.91 Å². The Morgan fingerprint density at radius 1 is 1.03 bits per heavy atom. The maximum Gasteiger partial charge on any atom is 0.257 e. The Balaban J connectivity index is 1.61. The van der Waals surface area contributed by atoms with Gasteiger partial charge in [-0.15, -0.1) is 0 Å². The van der Waals surface area contributed by atoms with E-state index in [1.165, 1.54) is 7.11 Å². The quantitative estimate of drug-likeness (QED) is 0.565. The molecule has 33 heavy (non-hydrogen) atoms. The first kappa shape index (κ1) is 22.4. The number of amides is 1. The van der Waals surface area contributed by atoms with Crippen molar-refractivity contribution in [1.29, 1.82) is 0 Å². The van der Waals surface area contributed by atoms with Gasteiger partial charge in [0.25, 0.3) is 11.8 Å². The Kier molecular flexibility index (Phi) is 6.67. The van der Waals surface area contributed by atoms with E-state index in [4.69, 9.17) is 14.2 Å². The minimum Gasteiger partial charge on any atom is -0.491 e. The highest BCUT2D eigenvalue weighted by Crippen LogP contribution is 2.31. The number of piperidine rings is 1. The monoisotopic (exact) mass is 449 g/mol. The van der Waals surface area contributed by atoms with Gasteiger partial charge in [0, 0.05) is 30.7 Å². The van der Waals surface area contributed by atoms with Gasteiger partial charge in [-0.05, 0) is 50.5 Å². The van der Waals surface area contributed by atoms with Crippen molar-refractivity contribution in [2.75, 3.05) is 20.8 Å². The van der Waals surface area contributed by atoms with E-state index in [1.54, 1.807) is 43.9 Å². The molecule has 0 unspecified atom stereocenters. The lowest BCUT2D eigenvalue weighted by Gasteiger charge is -2.38. The molecule has 4 rings (SSSR count). The average molecular weight is 450 g/mol. The molecule has 3 aromatic heterocycles. The number of carbonyl (C=O) groups is 1. The van der Waals surface area contributed by atoms with Crippen LogP contribution < -0.4 is 14.2 Å². The van der Waals surface area contributed by atoms with Gasteiger partial charge in [0.05, 0.1) is 26.3 Å². The molecule has 1 aliphatic heterocycles. The van der Waals surface area contributed by atoms with E-state index in [2.05, 4.69) is 19.9 Å². The summed E-state index contributed by atoms with van der Waals surface area (Å²) in [6.07, 6.45) is 6.32. The van der Waals surface area contributed by atoms with Crippen LogP contribution in [0.4, 0.5) is 0 Å². The molecule has 1 amide bonds. The average Bonchev–Trinajstić information content (AvgIpc) is 2.85. The second-order valence-electron chi connectivity index (χ2n) is 7.91. The van der Waals surface area contributed by atoms with Gasteiger partial charge in [0.15, 0.2) is 11.6 Å². The van der Waals surface area contributed by atoms with Gasteiger partial charge in [0.2, 0.25) is 5.88 Å². The summed E-state index contributed by atoms with van der Waals surface area (Å²) in [6, 6.07) is 7.00. The molecule has 0 N–H and O–H groups in total. The van der Waals surface area contributed by atoms with E-state index in [0.717, 1.165) is 18.4 Å². The number of ether oxygens (including phenoxy) is 3. The fourth-order valence-corrected chi connectivity index (χ4v) is 3.94. The number of hydrogen-bond donors (Lipinski definition) is 0. The fourth-order valence-electron chi connectivity index (χ4n) is 3.94. The van der Waals surface area contributed by atoms with Crippen LogP contribution in [0.2, 0.25) is 0 Å². The van der Waals surface area contributed by atoms with Crippen LogP contribution in [0.15, 0.2) is 42.9 Å². The molecule has 0 aromatic carbocycles. The van der Waals surface area contributed by atoms with Crippen LogP contribution in [0.5, 0.6) is 17.5 Å². The summed E-state index contributed by atoms with van der Waals surface area (Å²) in [6.45, 7) is 4.39. The Labute approximate surface area is 192 Å². The topological polar surface area (TPSA) is 99.6 Å². The molecule has 0 aliphatic carbocycles. The normalized spacial score (nSPS) is 18.0. The van der Waals surface area contributed by atoms with Crippen molar-refractivity contribution < 1.29 is 19.0 Å². The number of aryl methyl sites for hydroxylation is 1. The third kappa shape index (κ3) is 4.72. The number of likely N-dealkylation sites (tertiary alicyclic amines) is 1. The zero-order valence-corrected chi connectivity index (χ0v) is 19.2. The molecule has 172 valence electrons. The second-order valence-corrected chi connectivity index (χ2v) is 7.91. The van der Waals surface area contributed by atoms with Gasteiger partial charge in [-0.1, -0.05) is 0 Å². The molecular formula is C24H27N5O4. The van der Waals surface area contributed by atoms with E-state index in [-0.39, 0.29) is 18.1 Å². The summed E-state index contributed by atoms with van der Waals surface area (Å²) in [4.78, 5) is 32.9. The predicted octanol–water partition coefficient (Wildman–Crippen LogP) is 3.33. The fraction of sp³-hybridized carbons (Fsp3) is 0.375. The summed E-state index contributed by atoms with van der Waals surface area (Å²) in [5.41, 5.74) is 1.74. The molecule has 9 nitrogen and oxygen atoms in total. The van der Waals surface area contributed by atoms with Crippen LogP contribution >= 0.6 is 0 Å². The maximum absolute atomic E-state index is 13.7. The van der Waals surface area contributed by atoms with Gasteiger partial charge in [-0.3, -0.25) is 4.79 Å². The molecule has 1 fully saturated rings. The first-order chi connectivity index (χ1) is 16.0. The Morgan fingerprint density at radius 2 is 1.82 bits per heavy atom. The molecule has 0 bridgehead atoms.